The van der Waals surface area contributed by atoms with E-state index in [9.17, 15) is 8.42 Å². The van der Waals surface area contributed by atoms with E-state index in [2.05, 4.69) is 9.71 Å². The smallest absolute Gasteiger partial charge is 0.238 e. The summed E-state index contributed by atoms with van der Waals surface area (Å²) < 4.78 is 26.4. The van der Waals surface area contributed by atoms with Crippen LogP contribution in [0.15, 0.2) is 42.6 Å². The number of halogens is 1. The molecular formula is C13H13ClN2O3S. The molecule has 0 aliphatic rings. The van der Waals surface area contributed by atoms with E-state index in [0.29, 0.717) is 11.1 Å². The number of anilines is 1. The van der Waals surface area contributed by atoms with Crippen LogP contribution in [0, 0.1) is 0 Å². The van der Waals surface area contributed by atoms with Gasteiger partial charge < -0.3 is 5.11 Å². The highest BCUT2D eigenvalue weighted by Gasteiger charge is 2.14. The highest BCUT2D eigenvalue weighted by atomic mass is 35.5. The molecule has 5 nitrogen and oxygen atoms in total. The Kier molecular flexibility index (Phi) is 4.59. The minimum absolute atomic E-state index is 0.104. The second-order valence-corrected chi connectivity index (χ2v) is 6.30. The predicted molar refractivity (Wildman–Crippen MR) is 77.9 cm³/mol. The molecule has 2 aromatic rings. The molecule has 0 saturated carbocycles. The SMILES string of the molecule is O=S(=O)(Cc1cccc(CO)c1)Nc1ncccc1Cl. The van der Waals surface area contributed by atoms with Crippen LogP contribution in [0.5, 0.6) is 0 Å². The molecule has 1 aromatic heterocycles. The average molecular weight is 313 g/mol. The fraction of sp³-hybridized carbons (Fsp3) is 0.154. The first kappa shape index (κ1) is 14.8. The van der Waals surface area contributed by atoms with Crippen molar-refractivity contribution >= 4 is 27.4 Å². The Morgan fingerprint density at radius 1 is 1.20 bits per heavy atom. The maximum absolute atomic E-state index is 12.0. The van der Waals surface area contributed by atoms with Gasteiger partial charge in [-0.2, -0.15) is 0 Å². The van der Waals surface area contributed by atoms with Crippen molar-refractivity contribution < 1.29 is 13.5 Å². The fourth-order valence-corrected chi connectivity index (χ4v) is 3.05. The molecule has 0 atom stereocenters. The Morgan fingerprint density at radius 2 is 1.95 bits per heavy atom. The van der Waals surface area contributed by atoms with E-state index in [1.165, 1.54) is 6.20 Å². The van der Waals surface area contributed by atoms with Crippen molar-refractivity contribution in [3.63, 3.8) is 0 Å². The molecule has 0 aliphatic heterocycles. The summed E-state index contributed by atoms with van der Waals surface area (Å²) in [6.07, 6.45) is 1.45. The number of aliphatic hydroxyl groups excluding tert-OH is 1. The lowest BCUT2D eigenvalue weighted by molar-refractivity contribution is 0.282. The second-order valence-electron chi connectivity index (χ2n) is 4.17. The van der Waals surface area contributed by atoms with E-state index in [-0.39, 0.29) is 23.2 Å². The van der Waals surface area contributed by atoms with Crippen molar-refractivity contribution in [1.29, 1.82) is 0 Å². The Bertz CT molecular complexity index is 704. The standard InChI is InChI=1S/C13H13ClN2O3S/c14-12-5-2-6-15-13(12)16-20(18,19)9-11-4-1-3-10(7-11)8-17/h1-7,17H,8-9H2,(H,15,16). The zero-order valence-corrected chi connectivity index (χ0v) is 12.0. The number of nitrogens with one attached hydrogen (secondary N) is 1. The summed E-state index contributed by atoms with van der Waals surface area (Å²) in [7, 11) is -3.61. The third kappa shape index (κ3) is 3.93. The number of nitrogens with zero attached hydrogens (tertiary/aromatic N) is 1. The maximum Gasteiger partial charge on any atom is 0.238 e. The molecule has 1 heterocycles. The second kappa shape index (κ2) is 6.21. The van der Waals surface area contributed by atoms with Crippen molar-refractivity contribution in [3.05, 3.63) is 58.7 Å². The van der Waals surface area contributed by atoms with E-state index in [1.54, 1.807) is 36.4 Å². The molecular weight excluding hydrogens is 300 g/mol. The first-order chi connectivity index (χ1) is 9.50. The van der Waals surface area contributed by atoms with Gasteiger partial charge in [-0.1, -0.05) is 35.9 Å². The Morgan fingerprint density at radius 3 is 2.65 bits per heavy atom. The minimum Gasteiger partial charge on any atom is -0.392 e. The summed E-state index contributed by atoms with van der Waals surface area (Å²) in [4.78, 5) is 3.88. The highest BCUT2D eigenvalue weighted by molar-refractivity contribution is 7.91. The van der Waals surface area contributed by atoms with Gasteiger partial charge >= 0.3 is 0 Å². The van der Waals surface area contributed by atoms with Crippen molar-refractivity contribution in [2.24, 2.45) is 0 Å². The molecule has 2 rings (SSSR count). The summed E-state index contributed by atoms with van der Waals surface area (Å²) in [6, 6.07) is 9.91. The number of pyridine rings is 1. The molecule has 0 amide bonds. The van der Waals surface area contributed by atoms with E-state index in [0.717, 1.165) is 0 Å². The molecule has 0 aliphatic carbocycles. The topological polar surface area (TPSA) is 79.3 Å². The fourth-order valence-electron chi connectivity index (χ4n) is 1.68. The molecule has 0 fully saturated rings. The zero-order chi connectivity index (χ0) is 14.6. The Balaban J connectivity index is 2.17. The lowest BCUT2D eigenvalue weighted by atomic mass is 10.1. The number of rotatable bonds is 5. The molecule has 0 bridgehead atoms. The summed E-state index contributed by atoms with van der Waals surface area (Å²) in [5, 5.41) is 9.28. The van der Waals surface area contributed by atoms with Gasteiger partial charge in [-0.15, -0.1) is 0 Å². The maximum atomic E-state index is 12.0. The van der Waals surface area contributed by atoms with E-state index < -0.39 is 10.0 Å². The number of aliphatic hydroxyl groups is 1. The third-order valence-corrected chi connectivity index (χ3v) is 4.06. The van der Waals surface area contributed by atoms with Gasteiger partial charge in [0.05, 0.1) is 17.4 Å². The number of benzene rings is 1. The van der Waals surface area contributed by atoms with E-state index in [4.69, 9.17) is 16.7 Å². The summed E-state index contributed by atoms with van der Waals surface area (Å²) in [5.41, 5.74) is 1.24. The van der Waals surface area contributed by atoms with Crippen LogP contribution in [0.3, 0.4) is 0 Å². The van der Waals surface area contributed by atoms with Gasteiger partial charge in [0.2, 0.25) is 10.0 Å². The van der Waals surface area contributed by atoms with Gasteiger partial charge in [0, 0.05) is 6.20 Å². The van der Waals surface area contributed by atoms with E-state index in [1.807, 2.05) is 0 Å². The molecule has 20 heavy (non-hydrogen) atoms. The first-order valence-corrected chi connectivity index (χ1v) is 7.83. The van der Waals surface area contributed by atoms with Gasteiger partial charge in [-0.05, 0) is 23.3 Å². The summed E-state index contributed by atoms with van der Waals surface area (Å²) in [6.45, 7) is -0.132. The molecule has 2 N–H and O–H groups in total. The first-order valence-electron chi connectivity index (χ1n) is 5.80. The molecule has 0 spiro atoms. The molecule has 106 valence electrons. The van der Waals surface area contributed by atoms with Gasteiger partial charge in [0.15, 0.2) is 5.82 Å². The van der Waals surface area contributed by atoms with Crippen molar-refractivity contribution in [2.45, 2.75) is 12.4 Å². The zero-order valence-electron chi connectivity index (χ0n) is 10.5. The van der Waals surface area contributed by atoms with Crippen LogP contribution in [-0.4, -0.2) is 18.5 Å². The van der Waals surface area contributed by atoms with Gasteiger partial charge in [0.1, 0.15) is 0 Å². The number of sulfonamides is 1. The van der Waals surface area contributed by atoms with Crippen LogP contribution in [0.25, 0.3) is 0 Å². The van der Waals surface area contributed by atoms with Gasteiger partial charge in [-0.25, -0.2) is 13.4 Å². The molecule has 7 heteroatoms. The molecule has 1 aromatic carbocycles. The average Bonchev–Trinajstić information content (AvgIpc) is 2.41. The highest BCUT2D eigenvalue weighted by Crippen LogP contribution is 2.20. The summed E-state index contributed by atoms with van der Waals surface area (Å²) in [5.74, 6) is -0.110. The molecule has 0 radical (unpaired) electrons. The lowest BCUT2D eigenvalue weighted by Crippen LogP contribution is -2.16. The van der Waals surface area contributed by atoms with Crippen molar-refractivity contribution in [1.82, 2.24) is 4.98 Å². The number of hydrogen-bond acceptors (Lipinski definition) is 4. The van der Waals surface area contributed by atoms with Crippen LogP contribution in [0.1, 0.15) is 11.1 Å². The minimum atomic E-state index is -3.61. The monoisotopic (exact) mass is 312 g/mol. The number of hydrogen-bond donors (Lipinski definition) is 2. The van der Waals surface area contributed by atoms with Crippen molar-refractivity contribution in [2.75, 3.05) is 4.72 Å². The molecule has 0 unspecified atom stereocenters. The van der Waals surface area contributed by atoms with Crippen molar-refractivity contribution in [3.8, 4) is 0 Å². The Labute approximate surface area is 122 Å². The largest absolute Gasteiger partial charge is 0.392 e. The lowest BCUT2D eigenvalue weighted by Gasteiger charge is -2.09. The van der Waals surface area contributed by atoms with Gasteiger partial charge in [-0.3, -0.25) is 4.72 Å². The van der Waals surface area contributed by atoms with E-state index >= 15 is 0 Å². The van der Waals surface area contributed by atoms with Crippen LogP contribution in [0.2, 0.25) is 5.02 Å². The van der Waals surface area contributed by atoms with Gasteiger partial charge in [0.25, 0.3) is 0 Å². The Hall–Kier alpha value is -1.63. The van der Waals surface area contributed by atoms with Crippen LogP contribution >= 0.6 is 11.6 Å². The van der Waals surface area contributed by atoms with Crippen LogP contribution in [0.4, 0.5) is 5.82 Å². The number of aromatic nitrogens is 1. The third-order valence-electron chi connectivity index (χ3n) is 2.54. The summed E-state index contributed by atoms with van der Waals surface area (Å²) >= 11 is 5.86. The van der Waals surface area contributed by atoms with Crippen LogP contribution in [-0.2, 0) is 22.4 Å². The van der Waals surface area contributed by atoms with Crippen LogP contribution < -0.4 is 4.72 Å². The molecule has 0 saturated heterocycles. The quantitative estimate of drug-likeness (QED) is 0.887. The normalized spacial score (nSPS) is 11.3. The predicted octanol–water partition coefficient (Wildman–Crippen LogP) is 2.17.